The predicted molar refractivity (Wildman–Crippen MR) is 82.9 cm³/mol. The highest BCUT2D eigenvalue weighted by Gasteiger charge is 2.10. The van der Waals surface area contributed by atoms with Gasteiger partial charge < -0.3 is 10.2 Å². The molecule has 0 fully saturated rings. The van der Waals surface area contributed by atoms with Crippen molar-refractivity contribution in [1.82, 2.24) is 5.32 Å². The van der Waals surface area contributed by atoms with Gasteiger partial charge >= 0.3 is 0 Å². The molecular weight excluding hydrogens is 270 g/mol. The van der Waals surface area contributed by atoms with E-state index in [1.807, 2.05) is 6.07 Å². The number of rotatable bonds is 6. The Morgan fingerprint density at radius 2 is 1.86 bits per heavy atom. The zero-order valence-corrected chi connectivity index (χ0v) is 12.4. The minimum Gasteiger partial charge on any atom is -0.342 e. The molecule has 2 aromatic rings. The van der Waals surface area contributed by atoms with Crippen LogP contribution in [0.5, 0.6) is 0 Å². The molecule has 0 heterocycles. The number of benzene rings is 2. The lowest BCUT2D eigenvalue weighted by molar-refractivity contribution is 0.617. The van der Waals surface area contributed by atoms with Crippen LogP contribution in [0.25, 0.3) is 0 Å². The van der Waals surface area contributed by atoms with E-state index in [-0.39, 0.29) is 11.6 Å². The third-order valence-corrected chi connectivity index (χ3v) is 3.30. The van der Waals surface area contributed by atoms with E-state index in [0.29, 0.717) is 17.9 Å². The quantitative estimate of drug-likeness (QED) is 0.801. The fourth-order valence-corrected chi connectivity index (χ4v) is 2.20. The highest BCUT2D eigenvalue weighted by molar-refractivity contribution is 5.63. The number of nitrogens with zero attached hydrogens (tertiary/aromatic N) is 1. The van der Waals surface area contributed by atoms with Crippen LogP contribution in [0.3, 0.4) is 0 Å². The van der Waals surface area contributed by atoms with E-state index in [2.05, 4.69) is 12.2 Å². The number of para-hydroxylation sites is 1. The summed E-state index contributed by atoms with van der Waals surface area (Å²) in [5.41, 5.74) is 1.91. The second kappa shape index (κ2) is 7.18. The third kappa shape index (κ3) is 4.02. The molecule has 0 aliphatic heterocycles. The number of hydrogen-bond acceptors (Lipinski definition) is 2. The number of hydrogen-bond donors (Lipinski definition) is 1. The zero-order chi connectivity index (χ0) is 15.2. The van der Waals surface area contributed by atoms with Crippen LogP contribution in [-0.4, -0.2) is 13.6 Å². The van der Waals surface area contributed by atoms with Crippen molar-refractivity contribution in [2.75, 3.05) is 18.5 Å². The first kappa shape index (κ1) is 15.4. The average molecular weight is 290 g/mol. The van der Waals surface area contributed by atoms with Crippen LogP contribution < -0.4 is 10.2 Å². The Labute approximate surface area is 124 Å². The monoisotopic (exact) mass is 290 g/mol. The van der Waals surface area contributed by atoms with Crippen LogP contribution >= 0.6 is 0 Å². The molecule has 0 aliphatic rings. The predicted octanol–water partition coefficient (Wildman–Crippen LogP) is 4.23. The van der Waals surface area contributed by atoms with Gasteiger partial charge in [-0.25, -0.2) is 8.78 Å². The Hall–Kier alpha value is -1.94. The summed E-state index contributed by atoms with van der Waals surface area (Å²) < 4.78 is 27.6. The second-order valence-electron chi connectivity index (χ2n) is 5.00. The van der Waals surface area contributed by atoms with Gasteiger partial charge in [-0.3, -0.25) is 0 Å². The maximum absolute atomic E-state index is 13.8. The normalized spacial score (nSPS) is 10.7. The maximum atomic E-state index is 13.8. The molecule has 0 saturated carbocycles. The number of anilines is 2. The number of halogens is 2. The Morgan fingerprint density at radius 3 is 2.57 bits per heavy atom. The van der Waals surface area contributed by atoms with Crippen molar-refractivity contribution in [3.63, 3.8) is 0 Å². The molecule has 0 unspecified atom stereocenters. The van der Waals surface area contributed by atoms with Gasteiger partial charge in [-0.15, -0.1) is 0 Å². The lowest BCUT2D eigenvalue weighted by atomic mass is 10.1. The summed E-state index contributed by atoms with van der Waals surface area (Å²) in [5.74, 6) is -0.640. The molecule has 2 aromatic carbocycles. The Kier molecular flexibility index (Phi) is 5.28. The standard InChI is InChI=1S/C17H20F2N2/c1-3-8-20-12-13-9-14(18)11-15(10-13)21(2)17-7-5-4-6-16(17)19/h4-7,9-11,20H,3,8,12H2,1-2H3. The van der Waals surface area contributed by atoms with Crippen LogP contribution in [-0.2, 0) is 6.54 Å². The topological polar surface area (TPSA) is 15.3 Å². The van der Waals surface area contributed by atoms with Gasteiger partial charge in [0, 0.05) is 19.3 Å². The fraction of sp³-hybridized carbons (Fsp3) is 0.294. The summed E-state index contributed by atoms with van der Waals surface area (Å²) in [6.07, 6.45) is 1.03. The van der Waals surface area contributed by atoms with Crippen LogP contribution in [0.4, 0.5) is 20.2 Å². The summed E-state index contributed by atoms with van der Waals surface area (Å²) in [6.45, 7) is 3.56. The zero-order valence-electron chi connectivity index (χ0n) is 12.4. The molecule has 2 rings (SSSR count). The van der Waals surface area contributed by atoms with Crippen molar-refractivity contribution in [3.05, 3.63) is 59.7 Å². The summed E-state index contributed by atoms with van der Waals surface area (Å²) in [7, 11) is 1.73. The van der Waals surface area contributed by atoms with Crippen molar-refractivity contribution in [2.45, 2.75) is 19.9 Å². The third-order valence-electron chi connectivity index (χ3n) is 3.30. The molecule has 112 valence electrons. The summed E-state index contributed by atoms with van der Waals surface area (Å²) in [4.78, 5) is 1.65. The second-order valence-corrected chi connectivity index (χ2v) is 5.00. The van der Waals surface area contributed by atoms with Crippen LogP contribution in [0.1, 0.15) is 18.9 Å². The van der Waals surface area contributed by atoms with Gasteiger partial charge in [0.25, 0.3) is 0 Å². The summed E-state index contributed by atoms with van der Waals surface area (Å²) in [5, 5.41) is 3.24. The molecule has 4 heteroatoms. The molecule has 0 aliphatic carbocycles. The van der Waals surface area contributed by atoms with Crippen molar-refractivity contribution in [3.8, 4) is 0 Å². The Morgan fingerprint density at radius 1 is 1.10 bits per heavy atom. The van der Waals surface area contributed by atoms with Gasteiger partial charge in [-0.1, -0.05) is 19.1 Å². The molecule has 0 saturated heterocycles. The van der Waals surface area contributed by atoms with Crippen molar-refractivity contribution >= 4 is 11.4 Å². The summed E-state index contributed by atoms with van der Waals surface area (Å²) >= 11 is 0. The molecule has 0 aromatic heterocycles. The van der Waals surface area contributed by atoms with E-state index >= 15 is 0 Å². The molecule has 0 radical (unpaired) electrons. The minimum atomic E-state index is -0.324. The van der Waals surface area contributed by atoms with Gasteiger partial charge in [-0.2, -0.15) is 0 Å². The number of nitrogens with one attached hydrogen (secondary N) is 1. The molecule has 0 bridgehead atoms. The van der Waals surface area contributed by atoms with Gasteiger partial charge in [0.1, 0.15) is 11.6 Å². The lowest BCUT2D eigenvalue weighted by Gasteiger charge is -2.21. The summed E-state index contributed by atoms with van der Waals surface area (Å²) in [6, 6.07) is 11.3. The first-order valence-corrected chi connectivity index (χ1v) is 7.10. The van der Waals surface area contributed by atoms with E-state index < -0.39 is 0 Å². The van der Waals surface area contributed by atoms with E-state index in [1.54, 1.807) is 30.1 Å². The van der Waals surface area contributed by atoms with Gasteiger partial charge in [0.15, 0.2) is 0 Å². The average Bonchev–Trinajstić information content (AvgIpc) is 2.47. The van der Waals surface area contributed by atoms with Crippen LogP contribution in [0, 0.1) is 11.6 Å². The first-order valence-electron chi connectivity index (χ1n) is 7.10. The SMILES string of the molecule is CCCNCc1cc(F)cc(N(C)c2ccccc2F)c1. The van der Waals surface area contributed by atoms with Crippen LogP contribution in [0.2, 0.25) is 0 Å². The largest absolute Gasteiger partial charge is 0.342 e. The van der Waals surface area contributed by atoms with Crippen molar-refractivity contribution in [2.24, 2.45) is 0 Å². The molecule has 1 N–H and O–H groups in total. The fourth-order valence-electron chi connectivity index (χ4n) is 2.20. The van der Waals surface area contributed by atoms with Crippen LogP contribution in [0.15, 0.2) is 42.5 Å². The lowest BCUT2D eigenvalue weighted by Crippen LogP contribution is -2.15. The van der Waals surface area contributed by atoms with E-state index in [9.17, 15) is 8.78 Å². The highest BCUT2D eigenvalue weighted by Crippen LogP contribution is 2.27. The molecular formula is C17H20F2N2. The molecule has 0 atom stereocenters. The molecule has 0 amide bonds. The molecule has 21 heavy (non-hydrogen) atoms. The Balaban J connectivity index is 2.24. The van der Waals surface area contributed by atoms with E-state index in [4.69, 9.17) is 0 Å². The van der Waals surface area contributed by atoms with Gasteiger partial charge in [0.05, 0.1) is 5.69 Å². The first-order chi connectivity index (χ1) is 10.1. The smallest absolute Gasteiger partial charge is 0.146 e. The molecule has 0 spiro atoms. The molecule has 2 nitrogen and oxygen atoms in total. The van der Waals surface area contributed by atoms with Crippen molar-refractivity contribution in [1.29, 1.82) is 0 Å². The van der Waals surface area contributed by atoms with E-state index in [1.165, 1.54) is 18.2 Å². The minimum absolute atomic E-state index is 0.316. The Bertz CT molecular complexity index is 599. The van der Waals surface area contributed by atoms with Gasteiger partial charge in [0.2, 0.25) is 0 Å². The van der Waals surface area contributed by atoms with Crippen molar-refractivity contribution < 1.29 is 8.78 Å². The van der Waals surface area contributed by atoms with E-state index in [0.717, 1.165) is 18.5 Å². The van der Waals surface area contributed by atoms with Gasteiger partial charge in [-0.05, 0) is 48.9 Å². The maximum Gasteiger partial charge on any atom is 0.146 e. The highest BCUT2D eigenvalue weighted by atomic mass is 19.1.